The number of benzene rings is 1. The van der Waals surface area contributed by atoms with E-state index in [9.17, 15) is 4.79 Å². The zero-order chi connectivity index (χ0) is 13.4. The molecule has 0 aromatic heterocycles. The van der Waals surface area contributed by atoms with Crippen LogP contribution in [0, 0.1) is 0 Å². The second-order valence-corrected chi connectivity index (χ2v) is 4.19. The van der Waals surface area contributed by atoms with Crippen molar-refractivity contribution in [3.05, 3.63) is 41.5 Å². The van der Waals surface area contributed by atoms with E-state index in [0.717, 1.165) is 36.3 Å². The van der Waals surface area contributed by atoms with Crippen LogP contribution in [0.2, 0.25) is 0 Å². The van der Waals surface area contributed by atoms with Gasteiger partial charge >= 0.3 is 0 Å². The summed E-state index contributed by atoms with van der Waals surface area (Å²) in [7, 11) is 0. The fraction of sp³-hybridized carbons (Fsp3) is 0.400. The Morgan fingerprint density at radius 2 is 2.00 bits per heavy atom. The van der Waals surface area contributed by atoms with E-state index >= 15 is 0 Å². The molecular weight excluding hydrogens is 224 g/mol. The summed E-state index contributed by atoms with van der Waals surface area (Å²) in [5.74, 6) is -0.0270. The number of carbonyl (C=O) groups is 1. The van der Waals surface area contributed by atoms with Crippen molar-refractivity contribution in [1.82, 2.24) is 5.32 Å². The summed E-state index contributed by atoms with van der Waals surface area (Å²) in [6.07, 6.45) is 2.81. The van der Waals surface area contributed by atoms with Gasteiger partial charge in [-0.2, -0.15) is 0 Å². The quantitative estimate of drug-likeness (QED) is 0.757. The molecule has 0 saturated heterocycles. The fourth-order valence-corrected chi connectivity index (χ4v) is 1.68. The van der Waals surface area contributed by atoms with Crippen LogP contribution in [-0.4, -0.2) is 12.5 Å². The van der Waals surface area contributed by atoms with Crippen LogP contribution in [0.15, 0.2) is 35.9 Å². The Labute approximate surface area is 109 Å². The van der Waals surface area contributed by atoms with Crippen molar-refractivity contribution >= 4 is 11.6 Å². The van der Waals surface area contributed by atoms with E-state index < -0.39 is 0 Å². The Morgan fingerprint density at radius 3 is 2.67 bits per heavy atom. The largest absolute Gasteiger partial charge is 0.322 e. The fourth-order valence-electron chi connectivity index (χ4n) is 1.68. The molecule has 0 aliphatic rings. The highest BCUT2D eigenvalue weighted by Gasteiger charge is 2.07. The number of rotatable bonds is 6. The average molecular weight is 246 g/mol. The van der Waals surface area contributed by atoms with Crippen molar-refractivity contribution in [3.8, 4) is 0 Å². The van der Waals surface area contributed by atoms with Gasteiger partial charge in [-0.05, 0) is 31.5 Å². The van der Waals surface area contributed by atoms with Gasteiger partial charge in [0.15, 0.2) is 0 Å². The summed E-state index contributed by atoms with van der Waals surface area (Å²) >= 11 is 0. The van der Waals surface area contributed by atoms with Crippen LogP contribution in [-0.2, 0) is 11.3 Å². The highest BCUT2D eigenvalue weighted by atomic mass is 16.1. The first-order chi connectivity index (χ1) is 8.69. The highest BCUT2D eigenvalue weighted by Crippen LogP contribution is 2.15. The number of allylic oxidation sites excluding steroid dienone is 1. The number of nitrogens with one attached hydrogen (secondary N) is 2. The number of amides is 1. The molecule has 0 spiro atoms. The molecular formula is C15H22N2O. The Hall–Kier alpha value is -1.61. The molecule has 0 aliphatic heterocycles. The van der Waals surface area contributed by atoms with Crippen molar-refractivity contribution in [2.24, 2.45) is 0 Å². The van der Waals surface area contributed by atoms with E-state index in [4.69, 9.17) is 0 Å². The van der Waals surface area contributed by atoms with Crippen molar-refractivity contribution in [2.75, 3.05) is 11.9 Å². The second kappa shape index (κ2) is 7.67. The average Bonchev–Trinajstić information content (AvgIpc) is 2.38. The van der Waals surface area contributed by atoms with Crippen LogP contribution in [0.3, 0.4) is 0 Å². The number of hydrogen-bond acceptors (Lipinski definition) is 2. The van der Waals surface area contributed by atoms with Gasteiger partial charge in [-0.1, -0.05) is 38.1 Å². The minimum absolute atomic E-state index is 0.0270. The van der Waals surface area contributed by atoms with E-state index in [-0.39, 0.29) is 5.91 Å². The second-order valence-electron chi connectivity index (χ2n) is 4.19. The number of anilines is 1. The molecule has 3 heteroatoms. The molecule has 0 atom stereocenters. The number of carbonyl (C=O) groups excluding carboxylic acids is 1. The molecule has 18 heavy (non-hydrogen) atoms. The van der Waals surface area contributed by atoms with Crippen molar-refractivity contribution in [3.63, 3.8) is 0 Å². The lowest BCUT2D eigenvalue weighted by Crippen LogP contribution is -2.17. The van der Waals surface area contributed by atoms with E-state index in [1.54, 1.807) is 0 Å². The van der Waals surface area contributed by atoms with Crippen LogP contribution in [0.4, 0.5) is 5.69 Å². The van der Waals surface area contributed by atoms with Crippen LogP contribution >= 0.6 is 0 Å². The third-order valence-corrected chi connectivity index (χ3v) is 2.70. The van der Waals surface area contributed by atoms with Gasteiger partial charge in [0.05, 0.1) is 0 Å². The van der Waals surface area contributed by atoms with E-state index in [1.165, 1.54) is 0 Å². The summed E-state index contributed by atoms with van der Waals surface area (Å²) in [5.41, 5.74) is 2.75. The topological polar surface area (TPSA) is 41.1 Å². The van der Waals surface area contributed by atoms with E-state index in [2.05, 4.69) is 17.6 Å². The predicted octanol–water partition coefficient (Wildman–Crippen LogP) is 3.09. The van der Waals surface area contributed by atoms with Crippen LogP contribution in [0.25, 0.3) is 0 Å². The first-order valence-electron chi connectivity index (χ1n) is 6.45. The lowest BCUT2D eigenvalue weighted by molar-refractivity contribution is -0.112. The minimum Gasteiger partial charge on any atom is -0.322 e. The van der Waals surface area contributed by atoms with Gasteiger partial charge in [-0.25, -0.2) is 0 Å². The first-order valence-corrected chi connectivity index (χ1v) is 6.45. The van der Waals surface area contributed by atoms with Crippen molar-refractivity contribution in [2.45, 2.75) is 33.7 Å². The third kappa shape index (κ3) is 4.34. The zero-order valence-electron chi connectivity index (χ0n) is 11.4. The van der Waals surface area contributed by atoms with E-state index in [1.807, 2.05) is 44.2 Å². The van der Waals surface area contributed by atoms with Gasteiger partial charge < -0.3 is 10.6 Å². The standard InChI is InChI=1S/C15H22N2O/c1-4-8-12(3)15(18)17-14-10-7-6-9-13(14)11-16-5-2/h6-10,16H,4-5,11H2,1-3H3,(H,17,18)/b12-8+. The van der Waals surface area contributed by atoms with E-state index in [0.29, 0.717) is 0 Å². The van der Waals surface area contributed by atoms with Crippen molar-refractivity contribution < 1.29 is 4.79 Å². The maximum Gasteiger partial charge on any atom is 0.250 e. The van der Waals surface area contributed by atoms with Gasteiger partial charge in [-0.3, -0.25) is 4.79 Å². The number of para-hydroxylation sites is 1. The zero-order valence-corrected chi connectivity index (χ0v) is 11.4. The van der Waals surface area contributed by atoms with Crippen LogP contribution < -0.4 is 10.6 Å². The maximum absolute atomic E-state index is 11.9. The molecule has 0 heterocycles. The highest BCUT2D eigenvalue weighted by molar-refractivity contribution is 6.03. The lowest BCUT2D eigenvalue weighted by atomic mass is 10.1. The smallest absolute Gasteiger partial charge is 0.250 e. The Kier molecular flexibility index (Phi) is 6.15. The summed E-state index contributed by atoms with van der Waals surface area (Å²) in [5, 5.41) is 6.22. The first kappa shape index (κ1) is 14.5. The maximum atomic E-state index is 11.9. The SMILES string of the molecule is CC/C=C(\C)C(=O)Nc1ccccc1CNCC. The van der Waals surface area contributed by atoms with Crippen LogP contribution in [0.5, 0.6) is 0 Å². The monoisotopic (exact) mass is 246 g/mol. The molecule has 3 nitrogen and oxygen atoms in total. The molecule has 1 rings (SSSR count). The summed E-state index contributed by atoms with van der Waals surface area (Å²) < 4.78 is 0. The predicted molar refractivity (Wildman–Crippen MR) is 76.5 cm³/mol. The normalized spacial score (nSPS) is 11.4. The van der Waals surface area contributed by atoms with Gasteiger partial charge in [0.2, 0.25) is 0 Å². The molecule has 98 valence electrons. The summed E-state index contributed by atoms with van der Waals surface area (Å²) in [6, 6.07) is 7.88. The van der Waals surface area contributed by atoms with Crippen LogP contribution in [0.1, 0.15) is 32.8 Å². The summed E-state index contributed by atoms with van der Waals surface area (Å²) in [4.78, 5) is 11.9. The molecule has 0 unspecified atom stereocenters. The number of hydrogen-bond donors (Lipinski definition) is 2. The third-order valence-electron chi connectivity index (χ3n) is 2.70. The molecule has 0 aliphatic carbocycles. The van der Waals surface area contributed by atoms with Gasteiger partial charge in [-0.15, -0.1) is 0 Å². The Morgan fingerprint density at radius 1 is 1.28 bits per heavy atom. The molecule has 0 bridgehead atoms. The molecule has 1 aromatic carbocycles. The molecule has 1 aromatic rings. The minimum atomic E-state index is -0.0270. The Bertz CT molecular complexity index is 424. The molecule has 0 radical (unpaired) electrons. The molecule has 2 N–H and O–H groups in total. The lowest BCUT2D eigenvalue weighted by Gasteiger charge is -2.11. The van der Waals surface area contributed by atoms with Gasteiger partial charge in [0.1, 0.15) is 0 Å². The van der Waals surface area contributed by atoms with Gasteiger partial charge in [0.25, 0.3) is 5.91 Å². The molecule has 0 saturated carbocycles. The van der Waals surface area contributed by atoms with Gasteiger partial charge in [0, 0.05) is 17.8 Å². The summed E-state index contributed by atoms with van der Waals surface area (Å²) in [6.45, 7) is 7.61. The van der Waals surface area contributed by atoms with Crippen molar-refractivity contribution in [1.29, 1.82) is 0 Å². The molecule has 0 fully saturated rings. The molecule has 1 amide bonds. The Balaban J connectivity index is 2.77.